The van der Waals surface area contributed by atoms with Gasteiger partial charge in [-0.15, -0.1) is 22.7 Å². The summed E-state index contributed by atoms with van der Waals surface area (Å²) in [4.78, 5) is 13.9. The molecule has 0 aliphatic carbocycles. The van der Waals surface area contributed by atoms with Gasteiger partial charge in [-0.2, -0.15) is 5.26 Å². The van der Waals surface area contributed by atoms with Crippen LogP contribution >= 0.6 is 22.7 Å². The van der Waals surface area contributed by atoms with Crippen molar-refractivity contribution in [2.75, 3.05) is 5.32 Å². The fourth-order valence-electron chi connectivity index (χ4n) is 1.55. The summed E-state index contributed by atoms with van der Waals surface area (Å²) in [5.74, 6) is -0.217. The number of amides is 1. The number of rotatable bonds is 3. The van der Waals surface area contributed by atoms with E-state index in [0.29, 0.717) is 10.6 Å². The average molecular weight is 288 g/mol. The highest BCUT2D eigenvalue weighted by Crippen LogP contribution is 2.31. The molecular formula is C14H12N2OS2. The lowest BCUT2D eigenvalue weighted by molar-refractivity contribution is -0.111. The van der Waals surface area contributed by atoms with Crippen molar-refractivity contribution in [3.8, 4) is 6.07 Å². The fourth-order valence-corrected chi connectivity index (χ4v) is 3.18. The minimum absolute atomic E-state index is 0.217. The number of nitrogens with zero attached hydrogens (tertiary/aromatic N) is 1. The first-order chi connectivity index (χ1) is 9.11. The molecule has 2 aromatic rings. The van der Waals surface area contributed by atoms with Crippen LogP contribution in [-0.2, 0) is 4.79 Å². The van der Waals surface area contributed by atoms with Gasteiger partial charge >= 0.3 is 0 Å². The van der Waals surface area contributed by atoms with Gasteiger partial charge in [0.2, 0.25) is 5.91 Å². The normalized spacial score (nSPS) is 10.6. The standard InChI is InChI=1S/C14H12N2OS2/c1-9-10(2)19-14(12(9)8-15)16-13(17)6-5-11-4-3-7-18-11/h3-7H,1-2H3,(H,16,17)/b6-5-. The van der Waals surface area contributed by atoms with Crippen LogP contribution in [0.2, 0.25) is 0 Å². The highest BCUT2D eigenvalue weighted by atomic mass is 32.1. The Kier molecular flexibility index (Phi) is 4.15. The number of aryl methyl sites for hydroxylation is 1. The molecule has 0 atom stereocenters. The van der Waals surface area contributed by atoms with Crippen LogP contribution < -0.4 is 5.32 Å². The van der Waals surface area contributed by atoms with E-state index in [1.807, 2.05) is 31.4 Å². The van der Waals surface area contributed by atoms with Crippen molar-refractivity contribution in [1.82, 2.24) is 0 Å². The predicted octanol–water partition coefficient (Wildman–Crippen LogP) is 3.95. The van der Waals surface area contributed by atoms with Gasteiger partial charge in [-0.25, -0.2) is 0 Å². The maximum Gasteiger partial charge on any atom is 0.249 e. The number of carbonyl (C=O) groups is 1. The third-order valence-corrected chi connectivity index (χ3v) is 4.64. The number of hydrogen-bond acceptors (Lipinski definition) is 4. The molecule has 0 bridgehead atoms. The minimum atomic E-state index is -0.217. The summed E-state index contributed by atoms with van der Waals surface area (Å²) in [5, 5.41) is 14.4. The van der Waals surface area contributed by atoms with Gasteiger partial charge < -0.3 is 5.32 Å². The molecule has 0 fully saturated rings. The van der Waals surface area contributed by atoms with Crippen LogP contribution in [0.15, 0.2) is 23.6 Å². The van der Waals surface area contributed by atoms with E-state index in [2.05, 4.69) is 11.4 Å². The van der Waals surface area contributed by atoms with Gasteiger partial charge in [-0.05, 0) is 36.9 Å². The molecule has 19 heavy (non-hydrogen) atoms. The Balaban J connectivity index is 2.12. The van der Waals surface area contributed by atoms with Crippen molar-refractivity contribution >= 4 is 39.7 Å². The maximum absolute atomic E-state index is 11.8. The highest BCUT2D eigenvalue weighted by Gasteiger charge is 2.13. The number of anilines is 1. The maximum atomic E-state index is 11.8. The molecule has 0 radical (unpaired) electrons. The lowest BCUT2D eigenvalue weighted by Gasteiger charge is -1.98. The van der Waals surface area contributed by atoms with E-state index >= 15 is 0 Å². The van der Waals surface area contributed by atoms with Gasteiger partial charge in [0.15, 0.2) is 0 Å². The third-order valence-electron chi connectivity index (χ3n) is 2.68. The zero-order valence-corrected chi connectivity index (χ0v) is 12.2. The van der Waals surface area contributed by atoms with E-state index in [0.717, 1.165) is 15.3 Å². The van der Waals surface area contributed by atoms with Crippen LogP contribution in [-0.4, -0.2) is 5.91 Å². The van der Waals surface area contributed by atoms with Crippen LogP contribution in [0.5, 0.6) is 0 Å². The number of hydrogen-bond donors (Lipinski definition) is 1. The Morgan fingerprint density at radius 1 is 1.47 bits per heavy atom. The molecule has 1 N–H and O–H groups in total. The van der Waals surface area contributed by atoms with E-state index < -0.39 is 0 Å². The van der Waals surface area contributed by atoms with E-state index in [4.69, 9.17) is 5.26 Å². The molecule has 0 aromatic carbocycles. The summed E-state index contributed by atoms with van der Waals surface area (Å²) in [5.41, 5.74) is 1.49. The Hall–Kier alpha value is -1.90. The molecule has 1 amide bonds. The fraction of sp³-hybridized carbons (Fsp3) is 0.143. The molecule has 0 aliphatic heterocycles. The molecule has 2 aromatic heterocycles. The van der Waals surface area contributed by atoms with Crippen LogP contribution in [0.3, 0.4) is 0 Å². The van der Waals surface area contributed by atoms with E-state index in [-0.39, 0.29) is 5.91 Å². The van der Waals surface area contributed by atoms with Crippen molar-refractivity contribution in [3.63, 3.8) is 0 Å². The number of carbonyl (C=O) groups excluding carboxylic acids is 1. The second-order valence-electron chi connectivity index (χ2n) is 3.94. The molecule has 0 saturated carbocycles. The summed E-state index contributed by atoms with van der Waals surface area (Å²) in [6.45, 7) is 3.83. The van der Waals surface area contributed by atoms with E-state index in [1.54, 1.807) is 17.4 Å². The van der Waals surface area contributed by atoms with Crippen molar-refractivity contribution in [2.45, 2.75) is 13.8 Å². The largest absolute Gasteiger partial charge is 0.313 e. The van der Waals surface area contributed by atoms with Crippen LogP contribution in [0.4, 0.5) is 5.00 Å². The zero-order valence-electron chi connectivity index (χ0n) is 10.6. The first-order valence-electron chi connectivity index (χ1n) is 5.64. The molecule has 5 heteroatoms. The van der Waals surface area contributed by atoms with Crippen molar-refractivity contribution < 1.29 is 4.79 Å². The predicted molar refractivity (Wildman–Crippen MR) is 80.5 cm³/mol. The van der Waals surface area contributed by atoms with E-state index in [1.165, 1.54) is 17.4 Å². The van der Waals surface area contributed by atoms with Gasteiger partial charge in [0.1, 0.15) is 11.1 Å². The molecule has 96 valence electrons. The molecule has 3 nitrogen and oxygen atoms in total. The Morgan fingerprint density at radius 2 is 2.26 bits per heavy atom. The monoisotopic (exact) mass is 288 g/mol. The molecule has 0 saturated heterocycles. The van der Waals surface area contributed by atoms with Gasteiger partial charge in [-0.3, -0.25) is 4.79 Å². The van der Waals surface area contributed by atoms with Gasteiger partial charge in [0.05, 0.1) is 5.56 Å². The lowest BCUT2D eigenvalue weighted by atomic mass is 10.2. The summed E-state index contributed by atoms with van der Waals surface area (Å²) < 4.78 is 0. The first kappa shape index (κ1) is 13.5. The SMILES string of the molecule is Cc1sc(NC(=O)/C=C\c2cccs2)c(C#N)c1C. The number of nitriles is 1. The molecule has 0 unspecified atom stereocenters. The van der Waals surface area contributed by atoms with Gasteiger partial charge in [0.25, 0.3) is 0 Å². The summed E-state index contributed by atoms with van der Waals surface area (Å²) in [6.07, 6.45) is 3.25. The number of nitrogens with one attached hydrogen (secondary N) is 1. The Morgan fingerprint density at radius 3 is 2.89 bits per heavy atom. The Labute approximate surface area is 119 Å². The molecule has 0 aliphatic rings. The van der Waals surface area contributed by atoms with Gasteiger partial charge in [-0.1, -0.05) is 6.07 Å². The highest BCUT2D eigenvalue weighted by molar-refractivity contribution is 7.16. The summed E-state index contributed by atoms with van der Waals surface area (Å²) in [7, 11) is 0. The lowest BCUT2D eigenvalue weighted by Crippen LogP contribution is -2.07. The quantitative estimate of drug-likeness (QED) is 0.869. The van der Waals surface area contributed by atoms with Crippen LogP contribution in [0.25, 0.3) is 6.08 Å². The second-order valence-corrected chi connectivity index (χ2v) is 6.14. The smallest absolute Gasteiger partial charge is 0.249 e. The molecular weight excluding hydrogens is 276 g/mol. The van der Waals surface area contributed by atoms with Gasteiger partial charge in [0, 0.05) is 15.8 Å². The second kappa shape index (κ2) is 5.83. The van der Waals surface area contributed by atoms with Crippen LogP contribution in [0.1, 0.15) is 20.9 Å². The van der Waals surface area contributed by atoms with Crippen molar-refractivity contribution in [2.24, 2.45) is 0 Å². The van der Waals surface area contributed by atoms with Crippen LogP contribution in [0, 0.1) is 25.2 Å². The third kappa shape index (κ3) is 3.11. The minimum Gasteiger partial charge on any atom is -0.313 e. The van der Waals surface area contributed by atoms with Crippen molar-refractivity contribution in [3.05, 3.63) is 44.5 Å². The molecule has 0 spiro atoms. The summed E-state index contributed by atoms with van der Waals surface area (Å²) in [6, 6.07) is 6.01. The summed E-state index contributed by atoms with van der Waals surface area (Å²) >= 11 is 3.00. The number of thiophene rings is 2. The molecule has 2 rings (SSSR count). The van der Waals surface area contributed by atoms with E-state index in [9.17, 15) is 4.79 Å². The zero-order chi connectivity index (χ0) is 13.8. The Bertz CT molecular complexity index is 660. The van der Waals surface area contributed by atoms with Crippen molar-refractivity contribution in [1.29, 1.82) is 5.26 Å². The molecule has 2 heterocycles. The average Bonchev–Trinajstić information content (AvgIpc) is 2.97. The topological polar surface area (TPSA) is 52.9 Å². The first-order valence-corrected chi connectivity index (χ1v) is 7.34.